The van der Waals surface area contributed by atoms with E-state index in [1.165, 1.54) is 55.8 Å². The van der Waals surface area contributed by atoms with Crippen molar-refractivity contribution in [3.8, 4) is 0 Å². The SMILES string of the molecule is CC1CCc2cc(N3CCCN(C)CC3)ccc2N1. The van der Waals surface area contributed by atoms with Crippen molar-refractivity contribution in [1.29, 1.82) is 0 Å². The zero-order chi connectivity index (χ0) is 13.2. The van der Waals surface area contributed by atoms with Gasteiger partial charge in [0.25, 0.3) is 0 Å². The van der Waals surface area contributed by atoms with Crippen molar-refractivity contribution in [3.05, 3.63) is 23.8 Å². The van der Waals surface area contributed by atoms with E-state index >= 15 is 0 Å². The molecule has 0 radical (unpaired) electrons. The van der Waals surface area contributed by atoms with Gasteiger partial charge in [-0.3, -0.25) is 0 Å². The molecule has 1 saturated heterocycles. The van der Waals surface area contributed by atoms with Gasteiger partial charge in [-0.1, -0.05) is 0 Å². The number of hydrogen-bond donors (Lipinski definition) is 1. The summed E-state index contributed by atoms with van der Waals surface area (Å²) in [7, 11) is 2.22. The molecule has 2 heterocycles. The van der Waals surface area contributed by atoms with Gasteiger partial charge in [-0.05, 0) is 63.5 Å². The predicted molar refractivity (Wildman–Crippen MR) is 82.2 cm³/mol. The topological polar surface area (TPSA) is 18.5 Å². The van der Waals surface area contributed by atoms with Crippen molar-refractivity contribution >= 4 is 11.4 Å². The second-order valence-corrected chi connectivity index (χ2v) is 6.07. The highest BCUT2D eigenvalue weighted by Gasteiger charge is 2.17. The first kappa shape index (κ1) is 12.8. The molecule has 0 spiro atoms. The van der Waals surface area contributed by atoms with Crippen LogP contribution in [0.15, 0.2) is 18.2 Å². The molecule has 3 heteroatoms. The second kappa shape index (κ2) is 5.41. The molecule has 1 aromatic rings. The fourth-order valence-electron chi connectivity index (χ4n) is 3.14. The van der Waals surface area contributed by atoms with E-state index in [1.54, 1.807) is 0 Å². The van der Waals surface area contributed by atoms with Crippen LogP contribution >= 0.6 is 0 Å². The maximum atomic E-state index is 3.58. The molecule has 1 aromatic carbocycles. The zero-order valence-corrected chi connectivity index (χ0v) is 12.2. The highest BCUT2D eigenvalue weighted by atomic mass is 15.2. The van der Waals surface area contributed by atoms with Crippen LogP contribution in [0.2, 0.25) is 0 Å². The van der Waals surface area contributed by atoms with Crippen molar-refractivity contribution in [2.45, 2.75) is 32.2 Å². The Hall–Kier alpha value is -1.22. The number of nitrogens with zero attached hydrogens (tertiary/aromatic N) is 2. The number of likely N-dealkylation sites (N-methyl/N-ethyl adjacent to an activating group) is 1. The van der Waals surface area contributed by atoms with E-state index in [-0.39, 0.29) is 0 Å². The summed E-state index contributed by atoms with van der Waals surface area (Å²) in [6.45, 7) is 7.00. The normalized spacial score (nSPS) is 24.5. The van der Waals surface area contributed by atoms with Crippen LogP contribution in [0.5, 0.6) is 0 Å². The molecule has 2 aliphatic rings. The molecule has 3 nitrogen and oxygen atoms in total. The smallest absolute Gasteiger partial charge is 0.0376 e. The molecular weight excluding hydrogens is 234 g/mol. The summed E-state index contributed by atoms with van der Waals surface area (Å²) >= 11 is 0. The maximum absolute atomic E-state index is 3.58. The van der Waals surface area contributed by atoms with Gasteiger partial charge in [0.2, 0.25) is 0 Å². The van der Waals surface area contributed by atoms with Crippen molar-refractivity contribution in [2.24, 2.45) is 0 Å². The first-order valence-corrected chi connectivity index (χ1v) is 7.55. The van der Waals surface area contributed by atoms with E-state index in [2.05, 4.69) is 47.3 Å². The van der Waals surface area contributed by atoms with Crippen molar-refractivity contribution < 1.29 is 0 Å². The average Bonchev–Trinajstić information content (AvgIpc) is 2.63. The Balaban J connectivity index is 1.78. The zero-order valence-electron chi connectivity index (χ0n) is 12.2. The van der Waals surface area contributed by atoms with Crippen molar-refractivity contribution in [2.75, 3.05) is 43.4 Å². The van der Waals surface area contributed by atoms with Crippen molar-refractivity contribution in [3.63, 3.8) is 0 Å². The van der Waals surface area contributed by atoms with Gasteiger partial charge in [-0.15, -0.1) is 0 Å². The lowest BCUT2D eigenvalue weighted by Gasteiger charge is -2.28. The second-order valence-electron chi connectivity index (χ2n) is 6.07. The molecule has 1 unspecified atom stereocenters. The lowest BCUT2D eigenvalue weighted by molar-refractivity contribution is 0.360. The molecule has 1 fully saturated rings. The summed E-state index contributed by atoms with van der Waals surface area (Å²) in [5, 5.41) is 3.58. The standard InChI is InChI=1S/C16H25N3/c1-13-4-5-14-12-15(6-7-16(14)17-13)19-9-3-8-18(2)10-11-19/h6-7,12-13,17H,3-5,8-11H2,1-2H3. The van der Waals surface area contributed by atoms with E-state index < -0.39 is 0 Å². The van der Waals surface area contributed by atoms with E-state index in [9.17, 15) is 0 Å². The maximum Gasteiger partial charge on any atom is 0.0376 e. The van der Waals surface area contributed by atoms with Crippen LogP contribution in [0.4, 0.5) is 11.4 Å². The molecule has 104 valence electrons. The molecule has 0 bridgehead atoms. The first-order chi connectivity index (χ1) is 9.22. The first-order valence-electron chi connectivity index (χ1n) is 7.55. The molecule has 0 amide bonds. The molecule has 0 aromatic heterocycles. The number of aryl methyl sites for hydroxylation is 1. The summed E-state index contributed by atoms with van der Waals surface area (Å²) in [5.41, 5.74) is 4.24. The number of fused-ring (bicyclic) bond motifs is 1. The van der Waals surface area contributed by atoms with Crippen LogP contribution in [-0.4, -0.2) is 44.2 Å². The van der Waals surface area contributed by atoms with Gasteiger partial charge >= 0.3 is 0 Å². The van der Waals surface area contributed by atoms with Crippen LogP contribution < -0.4 is 10.2 Å². The highest BCUT2D eigenvalue weighted by Crippen LogP contribution is 2.29. The molecule has 0 saturated carbocycles. The van der Waals surface area contributed by atoms with Gasteiger partial charge < -0.3 is 15.1 Å². The van der Waals surface area contributed by atoms with E-state index in [0.717, 1.165) is 6.54 Å². The Morgan fingerprint density at radius 2 is 2.05 bits per heavy atom. The van der Waals surface area contributed by atoms with Gasteiger partial charge in [0.1, 0.15) is 0 Å². The Morgan fingerprint density at radius 3 is 2.95 bits per heavy atom. The summed E-state index contributed by atoms with van der Waals surface area (Å²) in [5.74, 6) is 0. The van der Waals surface area contributed by atoms with Crippen molar-refractivity contribution in [1.82, 2.24) is 4.90 Å². The summed E-state index contributed by atoms with van der Waals surface area (Å²) in [4.78, 5) is 4.98. The van der Waals surface area contributed by atoms with Gasteiger partial charge in [0.15, 0.2) is 0 Å². The van der Waals surface area contributed by atoms with Gasteiger partial charge in [0, 0.05) is 37.1 Å². The third kappa shape index (κ3) is 2.86. The fraction of sp³-hybridized carbons (Fsp3) is 0.625. The third-order valence-corrected chi connectivity index (χ3v) is 4.42. The molecule has 1 atom stereocenters. The Kier molecular flexibility index (Phi) is 3.65. The third-order valence-electron chi connectivity index (χ3n) is 4.42. The Labute approximate surface area is 116 Å². The quantitative estimate of drug-likeness (QED) is 0.836. The van der Waals surface area contributed by atoms with Crippen LogP contribution in [-0.2, 0) is 6.42 Å². The predicted octanol–water partition coefficient (Wildman–Crippen LogP) is 2.58. The molecular formula is C16H25N3. The number of benzene rings is 1. The monoisotopic (exact) mass is 259 g/mol. The van der Waals surface area contributed by atoms with Gasteiger partial charge in [-0.25, -0.2) is 0 Å². The summed E-state index contributed by atoms with van der Waals surface area (Å²) < 4.78 is 0. The minimum atomic E-state index is 0.616. The minimum absolute atomic E-state index is 0.616. The molecule has 0 aliphatic carbocycles. The number of rotatable bonds is 1. The molecule has 1 N–H and O–H groups in total. The van der Waals surface area contributed by atoms with E-state index in [0.29, 0.717) is 6.04 Å². The number of hydrogen-bond acceptors (Lipinski definition) is 3. The Morgan fingerprint density at radius 1 is 1.16 bits per heavy atom. The Bertz CT molecular complexity index is 444. The highest BCUT2D eigenvalue weighted by molar-refractivity contribution is 5.62. The van der Waals surface area contributed by atoms with E-state index in [1.807, 2.05) is 0 Å². The molecule has 2 aliphatic heterocycles. The van der Waals surface area contributed by atoms with Crippen LogP contribution in [0.3, 0.4) is 0 Å². The van der Waals surface area contributed by atoms with Gasteiger partial charge in [0.05, 0.1) is 0 Å². The average molecular weight is 259 g/mol. The minimum Gasteiger partial charge on any atom is -0.382 e. The lowest BCUT2D eigenvalue weighted by Crippen LogP contribution is -2.29. The summed E-state index contributed by atoms with van der Waals surface area (Å²) in [6.07, 6.45) is 3.73. The fourth-order valence-corrected chi connectivity index (χ4v) is 3.14. The van der Waals surface area contributed by atoms with Gasteiger partial charge in [-0.2, -0.15) is 0 Å². The largest absolute Gasteiger partial charge is 0.382 e. The molecule has 19 heavy (non-hydrogen) atoms. The van der Waals surface area contributed by atoms with Crippen LogP contribution in [0.1, 0.15) is 25.3 Å². The molecule has 3 rings (SSSR count). The number of anilines is 2. The number of nitrogens with one attached hydrogen (secondary N) is 1. The summed E-state index contributed by atoms with van der Waals surface area (Å²) in [6, 6.07) is 7.58. The van der Waals surface area contributed by atoms with E-state index in [4.69, 9.17) is 0 Å². The van der Waals surface area contributed by atoms with Crippen LogP contribution in [0.25, 0.3) is 0 Å². The lowest BCUT2D eigenvalue weighted by atomic mass is 9.98. The van der Waals surface area contributed by atoms with Crippen LogP contribution in [0, 0.1) is 0 Å².